The first-order valence-electron chi connectivity index (χ1n) is 6.25. The summed E-state index contributed by atoms with van der Waals surface area (Å²) in [7, 11) is 0. The number of benzene rings is 1. The lowest BCUT2D eigenvalue weighted by Gasteiger charge is -2.10. The smallest absolute Gasteiger partial charge is 0.366 e. The second kappa shape index (κ2) is 5.94. The van der Waals surface area contributed by atoms with Crippen molar-refractivity contribution in [2.24, 2.45) is 0 Å². The van der Waals surface area contributed by atoms with Crippen molar-refractivity contribution in [2.45, 2.75) is 26.1 Å². The Morgan fingerprint density at radius 2 is 1.76 bits per heavy atom. The Kier molecular flexibility index (Phi) is 4.25. The summed E-state index contributed by atoms with van der Waals surface area (Å²) in [6.45, 7) is 3.90. The van der Waals surface area contributed by atoms with Crippen LogP contribution in [0.25, 0.3) is 0 Å². The maximum Gasteiger partial charge on any atom is 0.416 e. The van der Waals surface area contributed by atoms with E-state index in [9.17, 15) is 13.2 Å². The van der Waals surface area contributed by atoms with Gasteiger partial charge in [0, 0.05) is 11.7 Å². The van der Waals surface area contributed by atoms with Gasteiger partial charge in [0.25, 0.3) is 0 Å². The van der Waals surface area contributed by atoms with Crippen molar-refractivity contribution in [1.82, 2.24) is 15.2 Å². The zero-order valence-electron chi connectivity index (χ0n) is 11.4. The minimum atomic E-state index is -4.35. The number of nitrogens with one attached hydrogen (secondary N) is 2. The Morgan fingerprint density at radius 1 is 1.10 bits per heavy atom. The third-order valence-corrected chi connectivity index (χ3v) is 2.46. The molecule has 0 spiro atoms. The zero-order chi connectivity index (χ0) is 15.5. The molecule has 2 N–H and O–H groups in total. The van der Waals surface area contributed by atoms with Gasteiger partial charge in [0.15, 0.2) is 5.82 Å². The van der Waals surface area contributed by atoms with Gasteiger partial charge in [-0.25, -0.2) is 0 Å². The quantitative estimate of drug-likeness (QED) is 0.905. The Morgan fingerprint density at radius 3 is 2.33 bits per heavy atom. The van der Waals surface area contributed by atoms with Crippen molar-refractivity contribution < 1.29 is 13.2 Å². The van der Waals surface area contributed by atoms with Gasteiger partial charge in [-0.2, -0.15) is 23.3 Å². The van der Waals surface area contributed by atoms with Crippen LogP contribution in [0.15, 0.2) is 30.5 Å². The molecule has 1 aromatic carbocycles. The van der Waals surface area contributed by atoms with E-state index in [4.69, 9.17) is 0 Å². The Hall–Kier alpha value is -2.38. The topological polar surface area (TPSA) is 62.7 Å². The first-order valence-corrected chi connectivity index (χ1v) is 6.25. The van der Waals surface area contributed by atoms with Crippen LogP contribution in [-0.2, 0) is 6.18 Å². The largest absolute Gasteiger partial charge is 0.416 e. The number of hydrogen-bond acceptors (Lipinski definition) is 5. The first-order chi connectivity index (χ1) is 9.84. The van der Waals surface area contributed by atoms with E-state index in [0.717, 1.165) is 12.1 Å². The number of hydrogen-bond donors (Lipinski definition) is 2. The van der Waals surface area contributed by atoms with E-state index >= 15 is 0 Å². The van der Waals surface area contributed by atoms with E-state index in [-0.39, 0.29) is 12.0 Å². The van der Waals surface area contributed by atoms with E-state index in [0.29, 0.717) is 11.5 Å². The van der Waals surface area contributed by atoms with Crippen LogP contribution in [-0.4, -0.2) is 21.2 Å². The minimum absolute atomic E-state index is 0.181. The van der Waals surface area contributed by atoms with E-state index in [1.165, 1.54) is 18.3 Å². The van der Waals surface area contributed by atoms with Crippen molar-refractivity contribution in [3.05, 3.63) is 36.0 Å². The van der Waals surface area contributed by atoms with Crippen LogP contribution in [0.1, 0.15) is 19.4 Å². The summed E-state index contributed by atoms with van der Waals surface area (Å²) in [6, 6.07) is 4.79. The fourth-order valence-corrected chi connectivity index (χ4v) is 1.59. The highest BCUT2D eigenvalue weighted by molar-refractivity contribution is 5.54. The standard InChI is InChI=1S/C13H14F3N5/c1-8(2)18-11-7-17-21-12(20-11)19-10-5-3-9(4-6-10)13(14,15)16/h3-8H,1-2H3,(H2,18,19,20,21). The molecule has 5 nitrogen and oxygen atoms in total. The summed E-state index contributed by atoms with van der Waals surface area (Å²) in [5.41, 5.74) is -0.256. The van der Waals surface area contributed by atoms with Crippen molar-refractivity contribution in [3.8, 4) is 0 Å². The summed E-state index contributed by atoms with van der Waals surface area (Å²) in [5.74, 6) is 0.745. The monoisotopic (exact) mass is 297 g/mol. The summed E-state index contributed by atoms with van der Waals surface area (Å²) in [5, 5.41) is 13.4. The normalized spacial score (nSPS) is 11.5. The van der Waals surface area contributed by atoms with Gasteiger partial charge in [-0.1, -0.05) is 0 Å². The predicted octanol–water partition coefficient (Wildman–Crippen LogP) is 3.45. The molecule has 0 amide bonds. The molecule has 112 valence electrons. The Bertz CT molecular complexity index is 596. The van der Waals surface area contributed by atoms with Crippen LogP contribution in [0.2, 0.25) is 0 Å². The third kappa shape index (κ3) is 4.30. The first kappa shape index (κ1) is 15.0. The van der Waals surface area contributed by atoms with Gasteiger partial charge in [-0.15, -0.1) is 5.10 Å². The Labute approximate surface area is 119 Å². The molecular weight excluding hydrogens is 283 g/mol. The minimum Gasteiger partial charge on any atom is -0.366 e. The molecule has 0 aliphatic rings. The average Bonchev–Trinajstić information content (AvgIpc) is 2.38. The number of anilines is 3. The van der Waals surface area contributed by atoms with Crippen molar-refractivity contribution in [1.29, 1.82) is 0 Å². The molecular formula is C13H14F3N5. The maximum absolute atomic E-state index is 12.5. The van der Waals surface area contributed by atoms with Gasteiger partial charge in [0.2, 0.25) is 5.95 Å². The molecule has 0 saturated carbocycles. The second-order valence-corrected chi connectivity index (χ2v) is 4.66. The summed E-state index contributed by atoms with van der Waals surface area (Å²) >= 11 is 0. The van der Waals surface area contributed by atoms with Crippen molar-refractivity contribution in [3.63, 3.8) is 0 Å². The fraction of sp³-hybridized carbons (Fsp3) is 0.308. The average molecular weight is 297 g/mol. The highest BCUT2D eigenvalue weighted by Gasteiger charge is 2.29. The molecule has 0 aliphatic heterocycles. The fourth-order valence-electron chi connectivity index (χ4n) is 1.59. The molecule has 0 atom stereocenters. The van der Waals surface area contributed by atoms with Crippen LogP contribution in [0.5, 0.6) is 0 Å². The van der Waals surface area contributed by atoms with E-state index < -0.39 is 11.7 Å². The second-order valence-electron chi connectivity index (χ2n) is 4.66. The predicted molar refractivity (Wildman–Crippen MR) is 73.3 cm³/mol. The molecule has 1 aromatic heterocycles. The highest BCUT2D eigenvalue weighted by Crippen LogP contribution is 2.30. The SMILES string of the molecule is CC(C)Nc1cnnc(Nc2ccc(C(F)(F)F)cc2)n1. The van der Waals surface area contributed by atoms with Gasteiger partial charge in [-0.3, -0.25) is 0 Å². The number of rotatable bonds is 4. The van der Waals surface area contributed by atoms with Crippen LogP contribution in [0.3, 0.4) is 0 Å². The summed E-state index contributed by atoms with van der Waals surface area (Å²) in [6.07, 6.45) is -2.88. The Balaban J connectivity index is 2.11. The number of aromatic nitrogens is 3. The highest BCUT2D eigenvalue weighted by atomic mass is 19.4. The molecule has 0 bridgehead atoms. The van der Waals surface area contributed by atoms with E-state index in [1.54, 1.807) is 0 Å². The molecule has 2 rings (SSSR count). The number of halogens is 3. The lowest BCUT2D eigenvalue weighted by molar-refractivity contribution is -0.137. The summed E-state index contributed by atoms with van der Waals surface area (Å²) < 4.78 is 37.4. The molecule has 0 aliphatic carbocycles. The van der Waals surface area contributed by atoms with E-state index in [1.807, 2.05) is 13.8 Å². The lowest BCUT2D eigenvalue weighted by atomic mass is 10.2. The van der Waals surface area contributed by atoms with Crippen LogP contribution < -0.4 is 10.6 Å². The van der Waals surface area contributed by atoms with Gasteiger partial charge < -0.3 is 10.6 Å². The van der Waals surface area contributed by atoms with Gasteiger partial charge in [-0.05, 0) is 38.1 Å². The van der Waals surface area contributed by atoms with Crippen LogP contribution in [0, 0.1) is 0 Å². The van der Waals surface area contributed by atoms with Crippen molar-refractivity contribution >= 4 is 17.5 Å². The molecule has 0 radical (unpaired) electrons. The van der Waals surface area contributed by atoms with Gasteiger partial charge in [0.05, 0.1) is 11.8 Å². The molecule has 2 aromatic rings. The van der Waals surface area contributed by atoms with Crippen LogP contribution >= 0.6 is 0 Å². The van der Waals surface area contributed by atoms with Gasteiger partial charge >= 0.3 is 6.18 Å². The number of nitrogens with zero attached hydrogens (tertiary/aromatic N) is 3. The lowest BCUT2D eigenvalue weighted by Crippen LogP contribution is -2.12. The number of alkyl halides is 3. The molecule has 0 fully saturated rings. The zero-order valence-corrected chi connectivity index (χ0v) is 11.4. The van der Waals surface area contributed by atoms with Gasteiger partial charge in [0.1, 0.15) is 0 Å². The van der Waals surface area contributed by atoms with E-state index in [2.05, 4.69) is 25.8 Å². The molecule has 0 unspecified atom stereocenters. The maximum atomic E-state index is 12.5. The molecule has 1 heterocycles. The third-order valence-electron chi connectivity index (χ3n) is 2.46. The molecule has 21 heavy (non-hydrogen) atoms. The molecule has 0 saturated heterocycles. The summed E-state index contributed by atoms with van der Waals surface area (Å²) in [4.78, 5) is 4.16. The molecule has 8 heteroatoms. The van der Waals surface area contributed by atoms with Crippen molar-refractivity contribution in [2.75, 3.05) is 10.6 Å². The van der Waals surface area contributed by atoms with Crippen LogP contribution in [0.4, 0.5) is 30.6 Å².